The normalized spacial score (nSPS) is 17.4. The van der Waals surface area contributed by atoms with Crippen molar-refractivity contribution >= 4 is 11.7 Å². The number of ketones is 1. The van der Waals surface area contributed by atoms with Crippen LogP contribution < -0.4 is 5.32 Å². The van der Waals surface area contributed by atoms with Crippen molar-refractivity contribution in [3.8, 4) is 0 Å². The van der Waals surface area contributed by atoms with Crippen molar-refractivity contribution < 1.29 is 9.59 Å². The van der Waals surface area contributed by atoms with Gasteiger partial charge in [-0.15, -0.1) is 0 Å². The van der Waals surface area contributed by atoms with Crippen LogP contribution >= 0.6 is 0 Å². The number of amides is 1. The Bertz CT molecular complexity index is 750. The Hall–Kier alpha value is -2.46. The van der Waals surface area contributed by atoms with E-state index in [1.807, 2.05) is 4.90 Å². The molecule has 1 saturated heterocycles. The Morgan fingerprint density at radius 1 is 1.04 bits per heavy atom. The molecule has 2 aromatic rings. The second-order valence-electron chi connectivity index (χ2n) is 6.45. The van der Waals surface area contributed by atoms with E-state index in [9.17, 15) is 9.59 Å². The molecule has 0 saturated carbocycles. The van der Waals surface area contributed by atoms with E-state index in [4.69, 9.17) is 0 Å². The number of carbonyl (C=O) groups excluding carboxylic acids is 2. The largest absolute Gasteiger partial charge is 0.329 e. The maximum atomic E-state index is 13.0. The van der Waals surface area contributed by atoms with Gasteiger partial charge < -0.3 is 10.2 Å². The van der Waals surface area contributed by atoms with Gasteiger partial charge in [0.15, 0.2) is 5.78 Å². The molecule has 3 rings (SSSR count). The van der Waals surface area contributed by atoms with Crippen LogP contribution in [0.2, 0.25) is 0 Å². The van der Waals surface area contributed by atoms with Crippen molar-refractivity contribution in [3.05, 3.63) is 70.8 Å². The molecule has 1 heterocycles. The zero-order valence-electron chi connectivity index (χ0n) is 14.8. The van der Waals surface area contributed by atoms with E-state index in [2.05, 4.69) is 36.5 Å². The number of benzene rings is 2. The molecule has 0 aromatic heterocycles. The molecule has 0 spiro atoms. The quantitative estimate of drug-likeness (QED) is 0.872. The van der Waals surface area contributed by atoms with Crippen LogP contribution in [0.5, 0.6) is 0 Å². The predicted molar refractivity (Wildman–Crippen MR) is 98.9 cm³/mol. The molecule has 25 heavy (non-hydrogen) atoms. The van der Waals surface area contributed by atoms with E-state index in [-0.39, 0.29) is 17.7 Å². The fourth-order valence-corrected chi connectivity index (χ4v) is 3.23. The summed E-state index contributed by atoms with van der Waals surface area (Å²) >= 11 is 0. The first-order valence-corrected chi connectivity index (χ1v) is 8.81. The molecule has 1 N–H and O–H groups in total. The van der Waals surface area contributed by atoms with Crippen LogP contribution in [0.3, 0.4) is 0 Å². The molecule has 1 fully saturated rings. The van der Waals surface area contributed by atoms with Crippen molar-refractivity contribution in [2.75, 3.05) is 19.6 Å². The molecule has 1 aliphatic rings. The van der Waals surface area contributed by atoms with Crippen LogP contribution in [0, 0.1) is 0 Å². The number of piperazine rings is 1. The molecular formula is C21H24N2O2. The average Bonchev–Trinajstić information content (AvgIpc) is 2.67. The average molecular weight is 336 g/mol. The third-order valence-electron chi connectivity index (χ3n) is 4.82. The topological polar surface area (TPSA) is 49.4 Å². The minimum absolute atomic E-state index is 0.00932. The SMILES string of the molecule is CCc1ccc(C2CNCCN2C(=O)c2ccc(C(C)=O)cc2)cc1. The van der Waals surface area contributed by atoms with Gasteiger partial charge in [-0.2, -0.15) is 0 Å². The summed E-state index contributed by atoms with van der Waals surface area (Å²) in [7, 11) is 0. The fraction of sp³-hybridized carbons (Fsp3) is 0.333. The van der Waals surface area contributed by atoms with Crippen LogP contribution in [-0.4, -0.2) is 36.2 Å². The van der Waals surface area contributed by atoms with Gasteiger partial charge in [0, 0.05) is 30.8 Å². The lowest BCUT2D eigenvalue weighted by atomic mass is 9.99. The van der Waals surface area contributed by atoms with Gasteiger partial charge in [0.05, 0.1) is 6.04 Å². The first-order valence-electron chi connectivity index (χ1n) is 8.81. The monoisotopic (exact) mass is 336 g/mol. The summed E-state index contributed by atoms with van der Waals surface area (Å²) in [6, 6.07) is 15.5. The number of hydrogen-bond donors (Lipinski definition) is 1. The molecule has 0 bridgehead atoms. The van der Waals surface area contributed by atoms with Crippen LogP contribution in [0.15, 0.2) is 48.5 Å². The van der Waals surface area contributed by atoms with Crippen molar-refractivity contribution in [1.29, 1.82) is 0 Å². The second-order valence-corrected chi connectivity index (χ2v) is 6.45. The molecule has 1 unspecified atom stereocenters. The zero-order valence-corrected chi connectivity index (χ0v) is 14.8. The lowest BCUT2D eigenvalue weighted by Crippen LogP contribution is -2.48. The molecule has 0 aliphatic carbocycles. The second kappa shape index (κ2) is 7.62. The molecule has 1 amide bonds. The van der Waals surface area contributed by atoms with E-state index >= 15 is 0 Å². The Labute approximate surface area is 148 Å². The highest BCUT2D eigenvalue weighted by Gasteiger charge is 2.28. The molecule has 2 aromatic carbocycles. The van der Waals surface area contributed by atoms with E-state index in [0.29, 0.717) is 17.7 Å². The lowest BCUT2D eigenvalue weighted by molar-refractivity contribution is 0.0634. The van der Waals surface area contributed by atoms with Gasteiger partial charge in [-0.1, -0.05) is 43.3 Å². The van der Waals surface area contributed by atoms with E-state index in [1.54, 1.807) is 24.3 Å². The van der Waals surface area contributed by atoms with E-state index < -0.39 is 0 Å². The number of aryl methyl sites for hydroxylation is 1. The summed E-state index contributed by atoms with van der Waals surface area (Å²) in [6.07, 6.45) is 1.01. The lowest BCUT2D eigenvalue weighted by Gasteiger charge is -2.36. The van der Waals surface area contributed by atoms with Crippen molar-refractivity contribution in [3.63, 3.8) is 0 Å². The Morgan fingerprint density at radius 2 is 1.68 bits per heavy atom. The van der Waals surface area contributed by atoms with E-state index in [1.165, 1.54) is 12.5 Å². The van der Waals surface area contributed by atoms with Gasteiger partial charge in [0.1, 0.15) is 0 Å². The number of hydrogen-bond acceptors (Lipinski definition) is 3. The molecular weight excluding hydrogens is 312 g/mol. The molecule has 1 aliphatic heterocycles. The molecule has 4 heteroatoms. The van der Waals surface area contributed by atoms with Gasteiger partial charge in [0.2, 0.25) is 0 Å². The Balaban J connectivity index is 1.84. The predicted octanol–water partition coefficient (Wildman–Crippen LogP) is 3.24. The maximum Gasteiger partial charge on any atom is 0.254 e. The first kappa shape index (κ1) is 17.4. The standard InChI is InChI=1S/C21H24N2O2/c1-3-16-4-6-18(7-5-16)20-14-22-12-13-23(20)21(25)19-10-8-17(9-11-19)15(2)24/h4-11,20,22H,3,12-14H2,1-2H3. The highest BCUT2D eigenvalue weighted by Crippen LogP contribution is 2.25. The zero-order chi connectivity index (χ0) is 17.8. The van der Waals surface area contributed by atoms with Crippen LogP contribution in [0.4, 0.5) is 0 Å². The van der Waals surface area contributed by atoms with Crippen LogP contribution in [-0.2, 0) is 6.42 Å². The first-order chi connectivity index (χ1) is 12.1. The molecule has 0 radical (unpaired) electrons. The number of rotatable bonds is 4. The van der Waals surface area contributed by atoms with Crippen molar-refractivity contribution in [2.45, 2.75) is 26.3 Å². The van der Waals surface area contributed by atoms with Crippen molar-refractivity contribution in [2.24, 2.45) is 0 Å². The number of carbonyl (C=O) groups is 2. The smallest absolute Gasteiger partial charge is 0.254 e. The summed E-state index contributed by atoms with van der Waals surface area (Å²) in [6.45, 7) is 5.89. The third kappa shape index (κ3) is 3.80. The summed E-state index contributed by atoms with van der Waals surface area (Å²) in [5, 5.41) is 3.38. The maximum absolute atomic E-state index is 13.0. The van der Waals surface area contributed by atoms with E-state index in [0.717, 1.165) is 25.1 Å². The third-order valence-corrected chi connectivity index (χ3v) is 4.82. The summed E-state index contributed by atoms with van der Waals surface area (Å²) in [4.78, 5) is 26.3. The summed E-state index contributed by atoms with van der Waals surface area (Å²) < 4.78 is 0. The number of Topliss-reactive ketones (excluding diaryl/α,β-unsaturated/α-hetero) is 1. The van der Waals surface area contributed by atoms with Gasteiger partial charge >= 0.3 is 0 Å². The fourth-order valence-electron chi connectivity index (χ4n) is 3.23. The summed E-state index contributed by atoms with van der Waals surface area (Å²) in [5.41, 5.74) is 3.70. The minimum Gasteiger partial charge on any atom is -0.329 e. The molecule has 130 valence electrons. The highest BCUT2D eigenvalue weighted by molar-refractivity contribution is 5.98. The number of nitrogens with one attached hydrogen (secondary N) is 1. The van der Waals surface area contributed by atoms with Crippen LogP contribution in [0.25, 0.3) is 0 Å². The highest BCUT2D eigenvalue weighted by atomic mass is 16.2. The molecule has 4 nitrogen and oxygen atoms in total. The number of nitrogens with zero attached hydrogens (tertiary/aromatic N) is 1. The van der Waals surface area contributed by atoms with Gasteiger partial charge in [-0.05, 0) is 36.6 Å². The molecule has 1 atom stereocenters. The van der Waals surface area contributed by atoms with Crippen LogP contribution in [0.1, 0.15) is 51.7 Å². The minimum atomic E-state index is 0.00932. The Kier molecular flexibility index (Phi) is 5.29. The van der Waals surface area contributed by atoms with Gasteiger partial charge in [0.25, 0.3) is 5.91 Å². The Morgan fingerprint density at radius 3 is 2.28 bits per heavy atom. The van der Waals surface area contributed by atoms with Crippen molar-refractivity contribution in [1.82, 2.24) is 10.2 Å². The summed E-state index contributed by atoms with van der Waals surface area (Å²) in [5.74, 6) is 0.0243. The van der Waals surface area contributed by atoms with Gasteiger partial charge in [-0.3, -0.25) is 9.59 Å². The van der Waals surface area contributed by atoms with Gasteiger partial charge in [-0.25, -0.2) is 0 Å².